The second-order valence-corrected chi connectivity index (χ2v) is 9.53. The van der Waals surface area contributed by atoms with Crippen LogP contribution in [0, 0.1) is 58.7 Å². The van der Waals surface area contributed by atoms with Gasteiger partial charge in [0, 0.05) is 11.8 Å². The summed E-state index contributed by atoms with van der Waals surface area (Å²) in [5.74, 6) is 8.62. The summed E-state index contributed by atoms with van der Waals surface area (Å²) >= 11 is 0. The van der Waals surface area contributed by atoms with Crippen molar-refractivity contribution in [3.8, 4) is 12.3 Å². The van der Waals surface area contributed by atoms with Crippen LogP contribution in [0.4, 0.5) is 0 Å². The molecule has 23 heavy (non-hydrogen) atoms. The van der Waals surface area contributed by atoms with Gasteiger partial charge in [0.25, 0.3) is 0 Å². The second-order valence-electron chi connectivity index (χ2n) is 9.53. The molecule has 0 unspecified atom stereocenters. The van der Waals surface area contributed by atoms with Crippen LogP contribution in [0.1, 0.15) is 58.8 Å². The van der Waals surface area contributed by atoms with Crippen LogP contribution in [-0.4, -0.2) is 5.78 Å². The van der Waals surface area contributed by atoms with Crippen LogP contribution < -0.4 is 0 Å². The van der Waals surface area contributed by atoms with E-state index in [9.17, 15) is 4.79 Å². The highest BCUT2D eigenvalue weighted by Crippen LogP contribution is 2.78. The number of ketones is 1. The van der Waals surface area contributed by atoms with E-state index in [-0.39, 0.29) is 5.41 Å². The van der Waals surface area contributed by atoms with Gasteiger partial charge in [0.15, 0.2) is 5.78 Å². The minimum absolute atomic E-state index is 0.131. The molecule has 0 aromatic carbocycles. The Balaban J connectivity index is 1.52. The van der Waals surface area contributed by atoms with Crippen molar-refractivity contribution in [2.45, 2.75) is 58.8 Å². The molecule has 5 rings (SSSR count). The largest absolute Gasteiger partial charge is 0.295 e. The quantitative estimate of drug-likeness (QED) is 0.597. The van der Waals surface area contributed by atoms with E-state index in [1.54, 1.807) is 0 Å². The maximum absolute atomic E-state index is 11.8. The van der Waals surface area contributed by atoms with Gasteiger partial charge < -0.3 is 0 Å². The van der Waals surface area contributed by atoms with E-state index >= 15 is 0 Å². The fourth-order valence-electron chi connectivity index (χ4n) is 7.80. The summed E-state index contributed by atoms with van der Waals surface area (Å²) in [4.78, 5) is 11.8. The first-order valence-corrected chi connectivity index (χ1v) is 9.70. The fraction of sp³-hybridized carbons (Fsp3) is 0.773. The van der Waals surface area contributed by atoms with Gasteiger partial charge in [0.05, 0.1) is 0 Å². The second kappa shape index (κ2) is 4.33. The zero-order valence-electron chi connectivity index (χ0n) is 14.5. The van der Waals surface area contributed by atoms with Crippen LogP contribution in [-0.2, 0) is 4.79 Å². The van der Waals surface area contributed by atoms with E-state index in [2.05, 4.69) is 19.8 Å². The summed E-state index contributed by atoms with van der Waals surface area (Å²) in [5.41, 5.74) is 1.99. The molecule has 1 nitrogen and oxygen atoms in total. The highest BCUT2D eigenvalue weighted by molar-refractivity contribution is 5.91. The molecule has 4 saturated carbocycles. The van der Waals surface area contributed by atoms with Crippen LogP contribution in [0.25, 0.3) is 0 Å². The van der Waals surface area contributed by atoms with Gasteiger partial charge in [0.2, 0.25) is 0 Å². The van der Waals surface area contributed by atoms with E-state index in [1.807, 2.05) is 6.08 Å². The number of fused-ring (bicyclic) bond motifs is 7. The lowest BCUT2D eigenvalue weighted by Gasteiger charge is -2.57. The van der Waals surface area contributed by atoms with Gasteiger partial charge in [-0.15, -0.1) is 6.42 Å². The van der Waals surface area contributed by atoms with Gasteiger partial charge in [-0.2, -0.15) is 0 Å². The van der Waals surface area contributed by atoms with Gasteiger partial charge in [-0.25, -0.2) is 0 Å². The lowest BCUT2D eigenvalue weighted by atomic mass is 9.47. The number of hydrogen-bond acceptors (Lipinski definition) is 1. The number of carbonyl (C=O) groups excluding carboxylic acids is 1. The lowest BCUT2D eigenvalue weighted by Crippen LogP contribution is -2.50. The Hall–Kier alpha value is -1.03. The summed E-state index contributed by atoms with van der Waals surface area (Å²) in [6, 6.07) is 0. The molecule has 0 amide bonds. The summed E-state index contributed by atoms with van der Waals surface area (Å²) in [6.07, 6.45) is 16.5. The van der Waals surface area contributed by atoms with Gasteiger partial charge in [-0.05, 0) is 92.4 Å². The van der Waals surface area contributed by atoms with Crippen molar-refractivity contribution in [2.24, 2.45) is 46.3 Å². The highest BCUT2D eigenvalue weighted by atomic mass is 16.1. The SMILES string of the molecule is C#C[C@@]1(C)[C@H]2C[C@H]2[C@H]2[C@@H]3CCC4=CC(=O)CC[C@@H]4[C@H]3CC[C@@]21C. The molecule has 0 aromatic heterocycles. The first kappa shape index (κ1) is 14.3. The Morgan fingerprint density at radius 3 is 2.74 bits per heavy atom. The van der Waals surface area contributed by atoms with Crippen molar-refractivity contribution in [1.29, 1.82) is 0 Å². The number of rotatable bonds is 0. The van der Waals surface area contributed by atoms with Crippen molar-refractivity contribution in [3.63, 3.8) is 0 Å². The molecular formula is C22H28O. The molecule has 0 aromatic rings. The molecule has 5 aliphatic rings. The van der Waals surface area contributed by atoms with Crippen LogP contribution in [0.3, 0.4) is 0 Å². The average Bonchev–Trinajstić information content (AvgIpc) is 3.30. The molecule has 0 spiro atoms. The molecule has 4 fully saturated rings. The monoisotopic (exact) mass is 308 g/mol. The number of allylic oxidation sites excluding steroid dienone is 1. The van der Waals surface area contributed by atoms with E-state index in [4.69, 9.17) is 6.42 Å². The average molecular weight is 308 g/mol. The molecule has 1 heteroatoms. The molecule has 0 saturated heterocycles. The summed E-state index contributed by atoms with van der Waals surface area (Å²) in [6.45, 7) is 4.92. The third-order valence-corrected chi connectivity index (χ3v) is 9.08. The van der Waals surface area contributed by atoms with E-state index < -0.39 is 0 Å². The summed E-state index contributed by atoms with van der Waals surface area (Å²) in [5, 5.41) is 0. The Kier molecular flexibility index (Phi) is 2.69. The lowest BCUT2D eigenvalue weighted by molar-refractivity contribution is -0.116. The van der Waals surface area contributed by atoms with E-state index in [1.165, 1.54) is 37.7 Å². The Morgan fingerprint density at radius 2 is 1.96 bits per heavy atom. The standard InChI is InChI=1S/C22H28O/c1-4-21(2)19-12-18(19)20-17-7-5-13-11-14(23)6-8-15(13)16(17)9-10-22(20,21)3/h1,11,15-20H,5-10,12H2,2-3H3/t15-,16+,17+,18+,19-,20+,21-,22-/m0/s1. The zero-order chi connectivity index (χ0) is 16.0. The number of terminal acetylenes is 1. The van der Waals surface area contributed by atoms with Crippen molar-refractivity contribution in [1.82, 2.24) is 0 Å². The van der Waals surface area contributed by atoms with Gasteiger partial charge in [0.1, 0.15) is 0 Å². The molecule has 0 aliphatic heterocycles. The van der Waals surface area contributed by atoms with Crippen molar-refractivity contribution >= 4 is 5.78 Å². The highest BCUT2D eigenvalue weighted by Gasteiger charge is 2.73. The Bertz CT molecular complexity index is 651. The maximum Gasteiger partial charge on any atom is 0.155 e. The molecule has 122 valence electrons. The zero-order valence-corrected chi connectivity index (χ0v) is 14.5. The molecule has 8 atom stereocenters. The minimum atomic E-state index is 0.131. The smallest absolute Gasteiger partial charge is 0.155 e. The number of hydrogen-bond donors (Lipinski definition) is 0. The van der Waals surface area contributed by atoms with Crippen LogP contribution in [0.15, 0.2) is 11.6 Å². The summed E-state index contributed by atoms with van der Waals surface area (Å²) < 4.78 is 0. The normalized spacial score (nSPS) is 56.6. The predicted molar refractivity (Wildman–Crippen MR) is 91.4 cm³/mol. The van der Waals surface area contributed by atoms with Crippen molar-refractivity contribution < 1.29 is 4.79 Å². The van der Waals surface area contributed by atoms with Gasteiger partial charge >= 0.3 is 0 Å². The molecule has 0 bridgehead atoms. The van der Waals surface area contributed by atoms with Gasteiger partial charge in [-0.3, -0.25) is 4.79 Å². The van der Waals surface area contributed by atoms with Gasteiger partial charge in [-0.1, -0.05) is 18.4 Å². The van der Waals surface area contributed by atoms with Crippen LogP contribution in [0.2, 0.25) is 0 Å². The minimum Gasteiger partial charge on any atom is -0.295 e. The molecular weight excluding hydrogens is 280 g/mol. The molecule has 5 aliphatic carbocycles. The van der Waals surface area contributed by atoms with Crippen molar-refractivity contribution in [2.75, 3.05) is 0 Å². The Labute approximate surface area is 140 Å². The Morgan fingerprint density at radius 1 is 1.13 bits per heavy atom. The molecule has 0 heterocycles. The predicted octanol–water partition coefficient (Wildman–Crippen LogP) is 4.62. The number of carbonyl (C=O) groups is 1. The van der Waals surface area contributed by atoms with Crippen LogP contribution >= 0.6 is 0 Å². The topological polar surface area (TPSA) is 17.1 Å². The maximum atomic E-state index is 11.8. The third-order valence-electron chi connectivity index (χ3n) is 9.08. The first-order chi connectivity index (χ1) is 11.0. The fourth-order valence-corrected chi connectivity index (χ4v) is 7.80. The van der Waals surface area contributed by atoms with E-state index in [0.29, 0.717) is 17.1 Å². The van der Waals surface area contributed by atoms with Crippen molar-refractivity contribution in [3.05, 3.63) is 11.6 Å². The first-order valence-electron chi connectivity index (χ1n) is 9.70. The molecule has 0 N–H and O–H groups in total. The van der Waals surface area contributed by atoms with E-state index in [0.717, 1.165) is 42.4 Å². The molecule has 0 radical (unpaired) electrons. The van der Waals surface area contributed by atoms with Crippen LogP contribution in [0.5, 0.6) is 0 Å². The summed E-state index contributed by atoms with van der Waals surface area (Å²) in [7, 11) is 0. The third kappa shape index (κ3) is 1.59.